The largest absolute Gasteiger partial charge is 0.366 e. The average Bonchev–Trinajstić information content (AvgIpc) is 3.14. The number of hydrogen-bond acceptors (Lipinski definition) is 5. The fourth-order valence-electron chi connectivity index (χ4n) is 3.18. The van der Waals surface area contributed by atoms with Crippen molar-refractivity contribution in [3.63, 3.8) is 0 Å². The first kappa shape index (κ1) is 21.0. The normalized spacial score (nSPS) is 15.9. The van der Waals surface area contributed by atoms with Crippen molar-refractivity contribution in [2.75, 3.05) is 18.4 Å². The third-order valence-electron chi connectivity index (χ3n) is 5.05. The maximum Gasteiger partial charge on any atom is 0.263 e. The second-order valence-corrected chi connectivity index (χ2v) is 9.04. The maximum absolute atomic E-state index is 13.1. The Labute approximate surface area is 169 Å². The molecule has 0 spiro atoms. The predicted octanol–water partition coefficient (Wildman–Crippen LogP) is 1.67. The molecule has 0 bridgehead atoms. The second-order valence-electron chi connectivity index (χ2n) is 7.19. The Morgan fingerprint density at radius 1 is 1.21 bits per heavy atom. The van der Waals surface area contributed by atoms with E-state index in [1.165, 1.54) is 39.4 Å². The average molecular weight is 420 g/mol. The van der Waals surface area contributed by atoms with E-state index in [0.717, 1.165) is 12.8 Å². The molecule has 3 rings (SSSR count). The Bertz CT molecular complexity index is 1010. The molecule has 0 radical (unpaired) electrons. The van der Waals surface area contributed by atoms with Gasteiger partial charge in [0.1, 0.15) is 0 Å². The van der Waals surface area contributed by atoms with Crippen molar-refractivity contribution >= 4 is 27.5 Å². The van der Waals surface area contributed by atoms with Crippen LogP contribution in [0.1, 0.15) is 47.4 Å². The zero-order valence-corrected chi connectivity index (χ0v) is 17.3. The number of piperidine rings is 1. The van der Waals surface area contributed by atoms with Crippen LogP contribution in [0.3, 0.4) is 0 Å². The molecule has 1 saturated heterocycles. The van der Waals surface area contributed by atoms with Gasteiger partial charge in [0.15, 0.2) is 0 Å². The maximum atomic E-state index is 13.1. The van der Waals surface area contributed by atoms with Gasteiger partial charge in [0, 0.05) is 37.1 Å². The number of aromatic nitrogens is 2. The summed E-state index contributed by atoms with van der Waals surface area (Å²) in [6.07, 6.45) is 3.00. The zero-order valence-electron chi connectivity index (χ0n) is 16.5. The van der Waals surface area contributed by atoms with Crippen LogP contribution in [0.2, 0.25) is 0 Å². The topological polar surface area (TPSA) is 127 Å². The number of carbonyl (C=O) groups is 2. The first-order chi connectivity index (χ1) is 13.7. The molecule has 2 aromatic rings. The highest BCUT2D eigenvalue weighted by Gasteiger charge is 2.34. The van der Waals surface area contributed by atoms with Crippen molar-refractivity contribution in [2.45, 2.75) is 38.3 Å². The molecule has 1 aromatic carbocycles. The minimum Gasteiger partial charge on any atom is -0.366 e. The molecule has 0 unspecified atom stereocenters. The van der Waals surface area contributed by atoms with Gasteiger partial charge < -0.3 is 11.1 Å². The van der Waals surface area contributed by atoms with Crippen molar-refractivity contribution in [3.05, 3.63) is 41.6 Å². The molecule has 0 aliphatic carbocycles. The predicted molar refractivity (Wildman–Crippen MR) is 108 cm³/mol. The minimum atomic E-state index is -3.88. The number of carbonyl (C=O) groups excluding carboxylic acids is 2. The van der Waals surface area contributed by atoms with Crippen molar-refractivity contribution in [3.8, 4) is 0 Å². The van der Waals surface area contributed by atoms with Crippen LogP contribution in [0.5, 0.6) is 0 Å². The van der Waals surface area contributed by atoms with E-state index < -0.39 is 21.8 Å². The number of aryl methyl sites for hydroxylation is 1. The zero-order chi connectivity index (χ0) is 21.2. The van der Waals surface area contributed by atoms with Gasteiger partial charge in [-0.05, 0) is 49.9 Å². The summed E-state index contributed by atoms with van der Waals surface area (Å²) in [7, 11) is -3.88. The number of rotatable bonds is 6. The molecule has 156 valence electrons. The standard InChI is InChI=1S/C19H25N5O4S/c1-3-23-12-16(18(26)21-15-6-4-14(5-7-15)17(20)25)19(22-23)29(27,28)24-10-8-13(2)9-11-24/h4-7,12-13H,3,8-11H2,1-2H3,(H2,20,25)(H,21,26). The van der Waals surface area contributed by atoms with Crippen LogP contribution < -0.4 is 11.1 Å². The van der Waals surface area contributed by atoms with Crippen LogP contribution in [0.15, 0.2) is 35.5 Å². The molecule has 0 saturated carbocycles. The molecule has 9 nitrogen and oxygen atoms in total. The first-order valence-electron chi connectivity index (χ1n) is 9.51. The smallest absolute Gasteiger partial charge is 0.263 e. The van der Waals surface area contributed by atoms with Crippen molar-refractivity contribution in [2.24, 2.45) is 11.7 Å². The fraction of sp³-hybridized carbons (Fsp3) is 0.421. The lowest BCUT2D eigenvalue weighted by Crippen LogP contribution is -2.38. The minimum absolute atomic E-state index is 0.00977. The highest BCUT2D eigenvalue weighted by molar-refractivity contribution is 7.89. The number of sulfonamides is 1. The summed E-state index contributed by atoms with van der Waals surface area (Å²) in [5.41, 5.74) is 5.93. The summed E-state index contributed by atoms with van der Waals surface area (Å²) in [6, 6.07) is 6.03. The number of primary amides is 1. The molecule has 2 amide bonds. The van der Waals surface area contributed by atoms with Gasteiger partial charge in [-0.2, -0.15) is 9.40 Å². The van der Waals surface area contributed by atoms with E-state index >= 15 is 0 Å². The molecule has 1 aromatic heterocycles. The van der Waals surface area contributed by atoms with Crippen molar-refractivity contribution < 1.29 is 18.0 Å². The lowest BCUT2D eigenvalue weighted by Gasteiger charge is -2.28. The molecule has 29 heavy (non-hydrogen) atoms. The highest BCUT2D eigenvalue weighted by atomic mass is 32.2. The summed E-state index contributed by atoms with van der Waals surface area (Å²) in [4.78, 5) is 24.0. The van der Waals surface area contributed by atoms with E-state index in [1.807, 2.05) is 6.92 Å². The van der Waals surface area contributed by atoms with Crippen LogP contribution in [0.4, 0.5) is 5.69 Å². The van der Waals surface area contributed by atoms with E-state index in [9.17, 15) is 18.0 Å². The van der Waals surface area contributed by atoms with Gasteiger partial charge in [-0.25, -0.2) is 8.42 Å². The second kappa shape index (κ2) is 8.34. The van der Waals surface area contributed by atoms with Crippen LogP contribution in [0, 0.1) is 5.92 Å². The summed E-state index contributed by atoms with van der Waals surface area (Å²) < 4.78 is 29.1. The van der Waals surface area contributed by atoms with E-state index in [1.54, 1.807) is 0 Å². The van der Waals surface area contributed by atoms with Gasteiger partial charge in [-0.3, -0.25) is 14.3 Å². The van der Waals surface area contributed by atoms with Gasteiger partial charge in [0.05, 0.1) is 5.56 Å². The molecular weight excluding hydrogens is 394 g/mol. The monoisotopic (exact) mass is 419 g/mol. The van der Waals surface area contributed by atoms with Crippen LogP contribution >= 0.6 is 0 Å². The summed E-state index contributed by atoms with van der Waals surface area (Å²) in [6.45, 7) is 5.17. The van der Waals surface area contributed by atoms with Crippen molar-refractivity contribution in [1.82, 2.24) is 14.1 Å². The summed E-state index contributed by atoms with van der Waals surface area (Å²) >= 11 is 0. The van der Waals surface area contributed by atoms with E-state index in [4.69, 9.17) is 5.73 Å². The molecule has 1 aliphatic rings. The SMILES string of the molecule is CCn1cc(C(=O)Nc2ccc(C(N)=O)cc2)c(S(=O)(=O)N2CCC(C)CC2)n1. The molecule has 1 aliphatic heterocycles. The number of benzene rings is 1. The van der Waals surface area contributed by atoms with Gasteiger partial charge >= 0.3 is 0 Å². The number of amides is 2. The number of anilines is 1. The van der Waals surface area contributed by atoms with E-state index in [-0.39, 0.29) is 10.6 Å². The fourth-order valence-corrected chi connectivity index (χ4v) is 4.74. The molecule has 10 heteroatoms. The third-order valence-corrected chi connectivity index (χ3v) is 6.89. The number of nitrogens with zero attached hydrogens (tertiary/aromatic N) is 3. The molecule has 3 N–H and O–H groups in total. The summed E-state index contributed by atoms with van der Waals surface area (Å²) in [5.74, 6) is -0.683. The Balaban J connectivity index is 1.88. The Kier molecular flexibility index (Phi) is 6.04. The first-order valence-corrected chi connectivity index (χ1v) is 10.9. The lowest BCUT2D eigenvalue weighted by molar-refractivity contribution is 0.0998. The highest BCUT2D eigenvalue weighted by Crippen LogP contribution is 2.25. The molecule has 1 fully saturated rings. The Hall–Kier alpha value is -2.72. The van der Waals surface area contributed by atoms with Gasteiger partial charge in [0.2, 0.25) is 10.9 Å². The molecule has 2 heterocycles. The van der Waals surface area contributed by atoms with Gasteiger partial charge in [0.25, 0.3) is 15.9 Å². The van der Waals surface area contributed by atoms with E-state index in [0.29, 0.717) is 36.8 Å². The van der Waals surface area contributed by atoms with E-state index in [2.05, 4.69) is 17.3 Å². The van der Waals surface area contributed by atoms with Crippen LogP contribution in [-0.2, 0) is 16.6 Å². The number of nitrogens with two attached hydrogens (primary N) is 1. The number of nitrogens with one attached hydrogen (secondary N) is 1. The molecule has 0 atom stereocenters. The number of hydrogen-bond donors (Lipinski definition) is 2. The lowest BCUT2D eigenvalue weighted by atomic mass is 10.0. The van der Waals surface area contributed by atoms with Crippen molar-refractivity contribution in [1.29, 1.82) is 0 Å². The van der Waals surface area contributed by atoms with Gasteiger partial charge in [-0.15, -0.1) is 0 Å². The Morgan fingerprint density at radius 2 is 1.83 bits per heavy atom. The Morgan fingerprint density at radius 3 is 2.38 bits per heavy atom. The van der Waals surface area contributed by atoms with Crippen LogP contribution in [0.25, 0.3) is 0 Å². The van der Waals surface area contributed by atoms with Gasteiger partial charge in [-0.1, -0.05) is 6.92 Å². The quantitative estimate of drug-likeness (QED) is 0.736. The summed E-state index contributed by atoms with van der Waals surface area (Å²) in [5, 5.41) is 6.58. The molecular formula is C19H25N5O4S. The third kappa shape index (κ3) is 4.48. The van der Waals surface area contributed by atoms with Crippen LogP contribution in [-0.4, -0.2) is 47.4 Å².